The lowest BCUT2D eigenvalue weighted by atomic mass is 10.00. The highest BCUT2D eigenvalue weighted by Crippen LogP contribution is 2.44. The van der Waals surface area contributed by atoms with Crippen molar-refractivity contribution in [3.63, 3.8) is 0 Å². The molecule has 13 heteroatoms. The molecule has 1 aliphatic rings. The molecule has 1 aromatic rings. The Labute approximate surface area is 178 Å². The first-order chi connectivity index (χ1) is 13.5. The number of alkyl halides is 1. The van der Waals surface area contributed by atoms with E-state index in [1.54, 1.807) is 0 Å². The van der Waals surface area contributed by atoms with Crippen molar-refractivity contribution in [2.24, 2.45) is 0 Å². The zero-order chi connectivity index (χ0) is 22.0. The summed E-state index contributed by atoms with van der Waals surface area (Å²) in [5.41, 5.74) is -5.33. The predicted octanol–water partition coefficient (Wildman–Crippen LogP) is -0.858. The van der Waals surface area contributed by atoms with Crippen LogP contribution in [0.4, 0.5) is 4.39 Å². The molecule has 1 saturated heterocycles. The lowest BCUT2D eigenvalue weighted by Gasteiger charge is -2.43. The Hall–Kier alpha value is -0.940. The van der Waals surface area contributed by atoms with Crippen LogP contribution in [0.5, 0.6) is 0 Å². The standard InChI is InChI=1S/C16H25FIN3O8/c1-2-3-4-5-6-11(17)21(28)15(26)12(23)10(8-22)29-16(15,27)20-7-9(18)13(24)19-14(20)25/h7,10-12,22-23,26-28H,2-6,8H2,1H3,(H,19,24,25)/t10-,11?,12-,15-,16+/m1/s1. The van der Waals surface area contributed by atoms with Crippen molar-refractivity contribution in [3.05, 3.63) is 30.6 Å². The molecule has 1 aliphatic heterocycles. The second kappa shape index (κ2) is 9.47. The number of aliphatic hydroxyl groups excluding tert-OH is 2. The summed E-state index contributed by atoms with van der Waals surface area (Å²) in [5.74, 6) is -3.23. The summed E-state index contributed by atoms with van der Waals surface area (Å²) in [5, 5.41) is 51.8. The van der Waals surface area contributed by atoms with Crippen LogP contribution in [0.1, 0.15) is 39.0 Å². The summed E-state index contributed by atoms with van der Waals surface area (Å²) in [6.07, 6.45) is -2.85. The smallest absolute Gasteiger partial charge is 0.332 e. The second-order valence-electron chi connectivity index (χ2n) is 6.85. The molecule has 5 atom stereocenters. The van der Waals surface area contributed by atoms with Gasteiger partial charge in [0, 0.05) is 6.20 Å². The van der Waals surface area contributed by atoms with E-state index in [2.05, 4.69) is 0 Å². The lowest BCUT2D eigenvalue weighted by molar-refractivity contribution is -0.428. The van der Waals surface area contributed by atoms with Gasteiger partial charge in [0.25, 0.3) is 5.56 Å². The molecule has 6 N–H and O–H groups in total. The Balaban J connectivity index is 2.48. The maximum absolute atomic E-state index is 14.7. The zero-order valence-corrected chi connectivity index (χ0v) is 17.8. The van der Waals surface area contributed by atoms with Crippen LogP contribution in [0.2, 0.25) is 0 Å². The normalized spacial score (nSPS) is 30.8. The number of aliphatic hydroxyl groups is 4. The van der Waals surface area contributed by atoms with E-state index in [1.807, 2.05) is 11.9 Å². The van der Waals surface area contributed by atoms with Gasteiger partial charge in [0.15, 0.2) is 6.30 Å². The SMILES string of the molecule is CCCCCCC(F)N(O)[C@@]1(O)[C@H](O)[C@@H](CO)O[C@]1(O)n1cc(I)c(=O)[nH]c1=O. The maximum atomic E-state index is 14.7. The highest BCUT2D eigenvalue weighted by Gasteiger charge is 2.71. The Bertz CT molecular complexity index is 822. The summed E-state index contributed by atoms with van der Waals surface area (Å²) in [4.78, 5) is 25.7. The first-order valence-corrected chi connectivity index (χ1v) is 10.2. The van der Waals surface area contributed by atoms with Gasteiger partial charge in [0.1, 0.15) is 12.2 Å². The maximum Gasteiger partial charge on any atom is 0.332 e. The van der Waals surface area contributed by atoms with Crippen molar-refractivity contribution in [2.45, 2.75) is 69.2 Å². The van der Waals surface area contributed by atoms with Crippen LogP contribution in [-0.4, -0.2) is 71.1 Å². The number of hydrogen-bond acceptors (Lipinski definition) is 9. The van der Waals surface area contributed by atoms with Gasteiger partial charge in [-0.25, -0.2) is 13.8 Å². The highest BCUT2D eigenvalue weighted by molar-refractivity contribution is 14.1. The molecule has 2 rings (SSSR count). The molecule has 1 aromatic heterocycles. The molecule has 11 nitrogen and oxygen atoms in total. The Morgan fingerprint density at radius 2 is 2.03 bits per heavy atom. The van der Waals surface area contributed by atoms with Gasteiger partial charge in [0.05, 0.1) is 10.2 Å². The molecule has 0 spiro atoms. The number of halogens is 2. The molecule has 0 aromatic carbocycles. The van der Waals surface area contributed by atoms with Gasteiger partial charge in [-0.05, 0) is 35.4 Å². The van der Waals surface area contributed by atoms with E-state index in [4.69, 9.17) is 4.74 Å². The van der Waals surface area contributed by atoms with E-state index in [0.717, 1.165) is 19.0 Å². The third-order valence-electron chi connectivity index (χ3n) is 4.88. The number of hydrogen-bond donors (Lipinski definition) is 6. The number of nitrogens with zero attached hydrogens (tertiary/aromatic N) is 2. The van der Waals surface area contributed by atoms with Gasteiger partial charge in [-0.3, -0.25) is 9.78 Å². The Morgan fingerprint density at radius 1 is 1.38 bits per heavy atom. The Morgan fingerprint density at radius 3 is 2.62 bits per heavy atom. The number of hydroxylamine groups is 2. The van der Waals surface area contributed by atoms with Crippen LogP contribution in [0.3, 0.4) is 0 Å². The van der Waals surface area contributed by atoms with E-state index in [9.17, 15) is 39.6 Å². The fourth-order valence-electron chi connectivity index (χ4n) is 3.22. The molecule has 2 heterocycles. The van der Waals surface area contributed by atoms with Gasteiger partial charge in [0.2, 0.25) is 5.72 Å². The van der Waals surface area contributed by atoms with E-state index < -0.39 is 48.0 Å². The van der Waals surface area contributed by atoms with E-state index in [0.29, 0.717) is 17.4 Å². The third-order valence-corrected chi connectivity index (χ3v) is 5.64. The topological polar surface area (TPSA) is 168 Å². The van der Waals surface area contributed by atoms with Crippen molar-refractivity contribution in [1.82, 2.24) is 14.6 Å². The summed E-state index contributed by atoms with van der Waals surface area (Å²) < 4.78 is 19.9. The number of H-pyrrole nitrogens is 1. The molecule has 1 fully saturated rings. The van der Waals surface area contributed by atoms with Crippen molar-refractivity contribution in [1.29, 1.82) is 0 Å². The number of rotatable bonds is 9. The molecule has 1 unspecified atom stereocenters. The van der Waals surface area contributed by atoms with E-state index >= 15 is 0 Å². The Kier molecular flexibility index (Phi) is 7.94. The van der Waals surface area contributed by atoms with Crippen LogP contribution in [0.15, 0.2) is 15.8 Å². The molecule has 0 bridgehead atoms. The van der Waals surface area contributed by atoms with Crippen LogP contribution < -0.4 is 11.2 Å². The monoisotopic (exact) mass is 533 g/mol. The summed E-state index contributed by atoms with van der Waals surface area (Å²) in [6, 6.07) is 0. The second-order valence-corrected chi connectivity index (χ2v) is 8.01. The van der Waals surface area contributed by atoms with Gasteiger partial charge < -0.3 is 30.4 Å². The molecule has 0 radical (unpaired) electrons. The first-order valence-electron chi connectivity index (χ1n) is 9.10. The average molecular weight is 533 g/mol. The van der Waals surface area contributed by atoms with Crippen molar-refractivity contribution >= 4 is 22.6 Å². The molecule has 0 aliphatic carbocycles. The average Bonchev–Trinajstić information content (AvgIpc) is 2.89. The van der Waals surface area contributed by atoms with Crippen molar-refractivity contribution in [2.75, 3.05) is 6.61 Å². The minimum atomic E-state index is -3.28. The van der Waals surface area contributed by atoms with Gasteiger partial charge in [-0.2, -0.15) is 0 Å². The minimum Gasteiger partial charge on any atom is -0.394 e. The molecule has 166 valence electrons. The minimum absolute atomic E-state index is 0.107. The predicted molar refractivity (Wildman–Crippen MR) is 104 cm³/mol. The number of aromatic amines is 1. The quantitative estimate of drug-likeness (QED) is 0.0778. The van der Waals surface area contributed by atoms with Crippen molar-refractivity contribution < 1.29 is 34.8 Å². The fourth-order valence-corrected chi connectivity index (χ4v) is 3.63. The molecule has 0 amide bonds. The number of nitrogens with one attached hydrogen (secondary N) is 1. The molecular weight excluding hydrogens is 508 g/mol. The van der Waals surface area contributed by atoms with E-state index in [-0.39, 0.29) is 15.1 Å². The van der Waals surface area contributed by atoms with Crippen LogP contribution in [-0.2, 0) is 10.6 Å². The zero-order valence-electron chi connectivity index (χ0n) is 15.7. The summed E-state index contributed by atoms with van der Waals surface area (Å²) in [6.45, 7) is 1.03. The molecule has 0 saturated carbocycles. The van der Waals surface area contributed by atoms with Crippen molar-refractivity contribution in [3.8, 4) is 0 Å². The van der Waals surface area contributed by atoms with Gasteiger partial charge in [-0.15, -0.1) is 5.06 Å². The number of ether oxygens (including phenoxy) is 1. The van der Waals surface area contributed by atoms with Gasteiger partial charge >= 0.3 is 11.6 Å². The molecular formula is C16H25FIN3O8. The number of unbranched alkanes of at least 4 members (excludes halogenated alkanes) is 3. The van der Waals surface area contributed by atoms with Crippen LogP contribution in [0.25, 0.3) is 0 Å². The number of aromatic nitrogens is 2. The van der Waals surface area contributed by atoms with E-state index in [1.165, 1.54) is 22.6 Å². The largest absolute Gasteiger partial charge is 0.394 e. The summed E-state index contributed by atoms with van der Waals surface area (Å²) >= 11 is 1.53. The van der Waals surface area contributed by atoms with Gasteiger partial charge in [-0.1, -0.05) is 26.2 Å². The lowest BCUT2D eigenvalue weighted by Crippen LogP contribution is -2.69. The first kappa shape index (κ1) is 24.3. The highest BCUT2D eigenvalue weighted by atomic mass is 127. The van der Waals surface area contributed by atoms with Crippen LogP contribution >= 0.6 is 22.6 Å². The third kappa shape index (κ3) is 4.27. The van der Waals surface area contributed by atoms with Crippen LogP contribution in [0, 0.1) is 3.57 Å². The fraction of sp³-hybridized carbons (Fsp3) is 0.750. The molecule has 29 heavy (non-hydrogen) atoms. The summed E-state index contributed by atoms with van der Waals surface area (Å²) in [7, 11) is 0.